The third-order valence-electron chi connectivity index (χ3n) is 11.0. The Kier molecular flexibility index (Phi) is 9.97. The summed E-state index contributed by atoms with van der Waals surface area (Å²) in [6, 6.07) is 82.9. The summed E-state index contributed by atoms with van der Waals surface area (Å²) in [5.41, 5.74) is 16.4. The van der Waals surface area contributed by atoms with Gasteiger partial charge in [-0.05, 0) is 85.0 Å². The van der Waals surface area contributed by atoms with Crippen molar-refractivity contribution in [3.63, 3.8) is 0 Å². The van der Waals surface area contributed by atoms with E-state index in [4.69, 9.17) is 15.0 Å². The number of benzene rings is 9. The van der Waals surface area contributed by atoms with Crippen LogP contribution >= 0.6 is 0 Å². The third-order valence-corrected chi connectivity index (χ3v) is 11.0. The molecular formula is C57H39N3. The van der Waals surface area contributed by atoms with Crippen molar-refractivity contribution in [1.29, 1.82) is 0 Å². The zero-order valence-electron chi connectivity index (χ0n) is 32.9. The fraction of sp³-hybridized carbons (Fsp3) is 0. The van der Waals surface area contributed by atoms with Crippen molar-refractivity contribution < 1.29 is 0 Å². The van der Waals surface area contributed by atoms with Crippen molar-refractivity contribution in [3.05, 3.63) is 237 Å². The van der Waals surface area contributed by atoms with Crippen LogP contribution in [-0.4, -0.2) is 15.0 Å². The average Bonchev–Trinajstić information content (AvgIpc) is 3.35. The molecule has 0 saturated carbocycles. The molecule has 0 radical (unpaired) electrons. The van der Waals surface area contributed by atoms with Gasteiger partial charge in [0, 0.05) is 16.7 Å². The van der Waals surface area contributed by atoms with E-state index in [0.717, 1.165) is 61.2 Å². The first kappa shape index (κ1) is 36.3. The molecule has 1 heterocycles. The van der Waals surface area contributed by atoms with Gasteiger partial charge in [0.2, 0.25) is 0 Å². The first-order valence-corrected chi connectivity index (χ1v) is 20.3. The van der Waals surface area contributed by atoms with Gasteiger partial charge in [-0.2, -0.15) is 0 Å². The smallest absolute Gasteiger partial charge is 0.164 e. The largest absolute Gasteiger partial charge is 0.208 e. The minimum atomic E-state index is 0.608. The number of nitrogens with zero attached hydrogens (tertiary/aromatic N) is 3. The van der Waals surface area contributed by atoms with E-state index in [1.165, 1.54) is 22.3 Å². The van der Waals surface area contributed by atoms with Gasteiger partial charge in [-0.15, -0.1) is 0 Å². The summed E-state index contributed by atoms with van der Waals surface area (Å²) in [5, 5.41) is 0. The van der Waals surface area contributed by atoms with Crippen LogP contribution in [0.2, 0.25) is 0 Å². The second-order valence-electron chi connectivity index (χ2n) is 14.8. The second kappa shape index (κ2) is 16.5. The Bertz CT molecular complexity index is 3080. The molecule has 3 nitrogen and oxygen atoms in total. The van der Waals surface area contributed by atoms with Gasteiger partial charge in [0.25, 0.3) is 0 Å². The molecule has 3 heteroatoms. The topological polar surface area (TPSA) is 38.7 Å². The van der Waals surface area contributed by atoms with Gasteiger partial charge in [-0.3, -0.25) is 0 Å². The third kappa shape index (κ3) is 7.44. The van der Waals surface area contributed by atoms with Crippen LogP contribution in [0, 0.1) is 0 Å². The zero-order valence-corrected chi connectivity index (χ0v) is 32.9. The van der Waals surface area contributed by atoms with E-state index in [1.54, 1.807) is 0 Å². The molecular weight excluding hydrogens is 727 g/mol. The van der Waals surface area contributed by atoms with Gasteiger partial charge in [0.1, 0.15) is 0 Å². The van der Waals surface area contributed by atoms with Crippen LogP contribution in [0.1, 0.15) is 0 Å². The first-order valence-electron chi connectivity index (χ1n) is 20.3. The maximum absolute atomic E-state index is 5.31. The molecule has 0 aliphatic rings. The molecule has 0 saturated heterocycles. The highest BCUT2D eigenvalue weighted by atomic mass is 15.0. The van der Waals surface area contributed by atoms with Gasteiger partial charge in [0.05, 0.1) is 0 Å². The lowest BCUT2D eigenvalue weighted by molar-refractivity contribution is 1.07. The molecule has 1 aromatic heterocycles. The van der Waals surface area contributed by atoms with Crippen LogP contribution in [0.4, 0.5) is 0 Å². The molecule has 0 aliphatic carbocycles. The van der Waals surface area contributed by atoms with E-state index >= 15 is 0 Å². The fourth-order valence-corrected chi connectivity index (χ4v) is 8.03. The molecule has 0 atom stereocenters. The van der Waals surface area contributed by atoms with Crippen molar-refractivity contribution >= 4 is 0 Å². The van der Waals surface area contributed by atoms with Crippen LogP contribution in [0.25, 0.3) is 101 Å². The first-order chi connectivity index (χ1) is 29.7. The lowest BCUT2D eigenvalue weighted by Crippen LogP contribution is -2.01. The predicted molar refractivity (Wildman–Crippen MR) is 249 cm³/mol. The van der Waals surface area contributed by atoms with Gasteiger partial charge < -0.3 is 0 Å². The Morgan fingerprint density at radius 3 is 0.967 bits per heavy atom. The Morgan fingerprint density at radius 2 is 0.450 bits per heavy atom. The van der Waals surface area contributed by atoms with Gasteiger partial charge >= 0.3 is 0 Å². The normalized spacial score (nSPS) is 11.0. The summed E-state index contributed by atoms with van der Waals surface area (Å²) in [6.45, 7) is 0. The van der Waals surface area contributed by atoms with Crippen molar-refractivity contribution in [2.45, 2.75) is 0 Å². The lowest BCUT2D eigenvalue weighted by Gasteiger charge is -2.15. The van der Waals surface area contributed by atoms with Crippen LogP contribution in [0.3, 0.4) is 0 Å². The molecule has 10 aromatic rings. The number of hydrogen-bond acceptors (Lipinski definition) is 3. The molecule has 60 heavy (non-hydrogen) atoms. The summed E-state index contributed by atoms with van der Waals surface area (Å²) >= 11 is 0. The molecule has 282 valence electrons. The maximum atomic E-state index is 5.31. The van der Waals surface area contributed by atoms with Crippen LogP contribution in [0.5, 0.6) is 0 Å². The molecule has 0 spiro atoms. The minimum absolute atomic E-state index is 0.608. The Balaban J connectivity index is 1.14. The van der Waals surface area contributed by atoms with Crippen LogP contribution in [0.15, 0.2) is 237 Å². The SMILES string of the molecule is c1ccc(-c2cccc(-c3cccc(-c4nc(-c5cccc(-c6ccccc6-c6ccccc6)c5)nc(-c5ccccc5-c5ccccc5-c5ccccc5)n4)c3)c2)cc1. The average molecular weight is 766 g/mol. The molecule has 0 bridgehead atoms. The molecule has 0 fully saturated rings. The van der Waals surface area contributed by atoms with Crippen LogP contribution in [-0.2, 0) is 0 Å². The Labute approximate surface area is 351 Å². The molecule has 10 rings (SSSR count). The molecule has 0 aliphatic heterocycles. The molecule has 0 N–H and O–H groups in total. The highest BCUT2D eigenvalue weighted by molar-refractivity contribution is 5.91. The van der Waals surface area contributed by atoms with Gasteiger partial charge in [0.15, 0.2) is 17.5 Å². The van der Waals surface area contributed by atoms with Crippen molar-refractivity contribution in [3.8, 4) is 101 Å². The van der Waals surface area contributed by atoms with E-state index < -0.39 is 0 Å². The predicted octanol–water partition coefficient (Wildman–Crippen LogP) is 14.9. The summed E-state index contributed by atoms with van der Waals surface area (Å²) in [4.78, 5) is 15.9. The number of rotatable bonds is 9. The van der Waals surface area contributed by atoms with E-state index in [9.17, 15) is 0 Å². The van der Waals surface area contributed by atoms with E-state index in [1.807, 2.05) is 6.07 Å². The quantitative estimate of drug-likeness (QED) is 0.147. The monoisotopic (exact) mass is 765 g/mol. The molecule has 0 amide bonds. The highest BCUT2D eigenvalue weighted by Crippen LogP contribution is 2.39. The minimum Gasteiger partial charge on any atom is -0.208 e. The summed E-state index contributed by atoms with van der Waals surface area (Å²) in [5.74, 6) is 1.83. The van der Waals surface area contributed by atoms with Crippen molar-refractivity contribution in [1.82, 2.24) is 15.0 Å². The van der Waals surface area contributed by atoms with Crippen molar-refractivity contribution in [2.24, 2.45) is 0 Å². The molecule has 0 unspecified atom stereocenters. The highest BCUT2D eigenvalue weighted by Gasteiger charge is 2.19. The maximum Gasteiger partial charge on any atom is 0.164 e. The van der Waals surface area contributed by atoms with Gasteiger partial charge in [-0.1, -0.05) is 218 Å². The Hall–Kier alpha value is -8.01. The Morgan fingerprint density at radius 1 is 0.167 bits per heavy atom. The van der Waals surface area contributed by atoms with Gasteiger partial charge in [-0.25, -0.2) is 15.0 Å². The van der Waals surface area contributed by atoms with E-state index in [0.29, 0.717) is 17.5 Å². The van der Waals surface area contributed by atoms with Crippen molar-refractivity contribution in [2.75, 3.05) is 0 Å². The second-order valence-corrected chi connectivity index (χ2v) is 14.8. The summed E-state index contributed by atoms with van der Waals surface area (Å²) in [7, 11) is 0. The fourth-order valence-electron chi connectivity index (χ4n) is 8.03. The lowest BCUT2D eigenvalue weighted by atomic mass is 9.91. The van der Waals surface area contributed by atoms with E-state index in [-0.39, 0.29) is 0 Å². The standard InChI is InChI=1S/C57H39N3/c1-4-19-40(20-5-1)43-25-16-26-44(37-43)45-27-17-29-47(38-45)55-58-56(48-30-18-28-46(39-48)51-33-11-10-31-49(51)41-21-6-2-7-22-41)60-57(59-55)54-36-15-14-35-53(54)52-34-13-12-32-50(52)42-23-8-3-9-24-42/h1-39H. The molecule has 9 aromatic carbocycles. The zero-order chi connectivity index (χ0) is 40.1. The van der Waals surface area contributed by atoms with Crippen LogP contribution < -0.4 is 0 Å². The number of hydrogen-bond donors (Lipinski definition) is 0. The number of aromatic nitrogens is 3. The summed E-state index contributed by atoms with van der Waals surface area (Å²) in [6.07, 6.45) is 0. The summed E-state index contributed by atoms with van der Waals surface area (Å²) < 4.78 is 0. The van der Waals surface area contributed by atoms with E-state index in [2.05, 4.69) is 231 Å².